The number of fused-ring (bicyclic) bond motifs is 1. The first-order chi connectivity index (χ1) is 15.7. The molecule has 2 aromatic heterocycles. The number of carbonyl (C=O) groups is 1. The third-order valence-electron chi connectivity index (χ3n) is 5.88. The van der Waals surface area contributed by atoms with Crippen molar-refractivity contribution in [3.63, 3.8) is 0 Å². The fourth-order valence-corrected chi connectivity index (χ4v) is 4.13. The molecule has 0 spiro atoms. The van der Waals surface area contributed by atoms with E-state index < -0.39 is 0 Å². The molecule has 0 radical (unpaired) electrons. The van der Waals surface area contributed by atoms with Crippen LogP contribution in [0, 0.1) is 0 Å². The van der Waals surface area contributed by atoms with Gasteiger partial charge in [-0.3, -0.25) is 4.79 Å². The van der Waals surface area contributed by atoms with E-state index in [1.807, 2.05) is 72.9 Å². The minimum Gasteiger partial charge on any atom is -0.360 e. The summed E-state index contributed by atoms with van der Waals surface area (Å²) in [6.45, 7) is 2.13. The number of quaternary nitrogens is 1. The monoisotopic (exact) mass is 422 g/mol. The van der Waals surface area contributed by atoms with Crippen molar-refractivity contribution < 1.29 is 10.1 Å². The fourth-order valence-electron chi connectivity index (χ4n) is 4.13. The summed E-state index contributed by atoms with van der Waals surface area (Å²) in [5, 5.41) is 7.27. The number of hydrogen-bond acceptors (Lipinski definition) is 3. The lowest BCUT2D eigenvalue weighted by Crippen LogP contribution is -2.87. The van der Waals surface area contributed by atoms with E-state index >= 15 is 0 Å². The third-order valence-corrected chi connectivity index (χ3v) is 5.88. The maximum atomic E-state index is 13.7. The van der Waals surface area contributed by atoms with Crippen LogP contribution < -0.4 is 5.32 Å². The van der Waals surface area contributed by atoms with Gasteiger partial charge in [0, 0.05) is 33.8 Å². The van der Waals surface area contributed by atoms with Crippen molar-refractivity contribution in [3.8, 4) is 5.69 Å². The van der Waals surface area contributed by atoms with Crippen molar-refractivity contribution in [2.45, 2.75) is 19.0 Å². The zero-order valence-electron chi connectivity index (χ0n) is 17.7. The molecule has 0 aliphatic rings. The van der Waals surface area contributed by atoms with Gasteiger partial charge in [-0.1, -0.05) is 60.7 Å². The average molecular weight is 423 g/mol. The summed E-state index contributed by atoms with van der Waals surface area (Å²) in [6.07, 6.45) is 5.02. The first kappa shape index (κ1) is 19.9. The van der Waals surface area contributed by atoms with Gasteiger partial charge in [0.15, 0.2) is 6.04 Å². The molecule has 5 rings (SSSR count). The van der Waals surface area contributed by atoms with Gasteiger partial charge in [0.25, 0.3) is 0 Å². The molecule has 2 atom stereocenters. The minimum absolute atomic E-state index is 0.0826. The highest BCUT2D eigenvalue weighted by atomic mass is 16.1. The summed E-state index contributed by atoms with van der Waals surface area (Å²) < 4.78 is 1.73. The number of nitrogens with zero attached hydrogens (tertiary/aromatic N) is 3. The number of aromatic amines is 1. The van der Waals surface area contributed by atoms with Crippen LogP contribution in [0.3, 0.4) is 0 Å². The Bertz CT molecular complexity index is 1320. The van der Waals surface area contributed by atoms with Crippen LogP contribution in [0.25, 0.3) is 16.6 Å². The average Bonchev–Trinajstić information content (AvgIpc) is 3.53. The minimum atomic E-state index is -0.347. The molecule has 0 unspecified atom stereocenters. The number of aromatic nitrogens is 4. The lowest BCUT2D eigenvalue weighted by Gasteiger charge is -2.20. The summed E-state index contributed by atoms with van der Waals surface area (Å²) in [7, 11) is 0. The lowest BCUT2D eigenvalue weighted by atomic mass is 9.95. The summed E-state index contributed by atoms with van der Waals surface area (Å²) in [5.74, 6) is 0.0970. The van der Waals surface area contributed by atoms with Crippen LogP contribution in [0.1, 0.15) is 40.5 Å². The van der Waals surface area contributed by atoms with Gasteiger partial charge >= 0.3 is 0 Å². The summed E-state index contributed by atoms with van der Waals surface area (Å²) in [6, 6.07) is 25.8. The maximum absolute atomic E-state index is 13.7. The second kappa shape index (κ2) is 8.61. The smallest absolute Gasteiger partial charge is 0.226 e. The van der Waals surface area contributed by atoms with E-state index in [2.05, 4.69) is 39.4 Å². The molecule has 32 heavy (non-hydrogen) atoms. The standard InChI is InChI=1S/C26H23N5O/c1-18(19-11-13-21(14-12-19)31-17-27-16-29-31)30-25(20-7-3-2-4-8-20)26(32)23-15-28-24-10-6-5-9-22(23)24/h2-18,25,28,30H,1H3/p+1/t18-,25+/m1/s1. The number of para-hydroxylation sites is 1. The molecular formula is C26H24N5O+. The zero-order valence-corrected chi connectivity index (χ0v) is 17.7. The van der Waals surface area contributed by atoms with E-state index in [9.17, 15) is 4.79 Å². The van der Waals surface area contributed by atoms with Crippen LogP contribution in [0.4, 0.5) is 0 Å². The Kier molecular flexibility index (Phi) is 5.35. The molecule has 6 heteroatoms. The predicted octanol–water partition coefficient (Wildman–Crippen LogP) is 4.00. The Balaban J connectivity index is 1.44. The van der Waals surface area contributed by atoms with Gasteiger partial charge < -0.3 is 10.3 Å². The number of ketones is 1. The Morgan fingerprint density at radius 3 is 2.44 bits per heavy atom. The Morgan fingerprint density at radius 1 is 0.938 bits per heavy atom. The normalized spacial score (nSPS) is 13.2. The molecule has 3 aromatic carbocycles. The molecule has 0 amide bonds. The van der Waals surface area contributed by atoms with E-state index in [1.165, 1.54) is 6.33 Å². The summed E-state index contributed by atoms with van der Waals surface area (Å²) in [4.78, 5) is 21.0. The molecule has 0 fully saturated rings. The molecule has 0 aliphatic carbocycles. The van der Waals surface area contributed by atoms with Gasteiger partial charge in [-0.05, 0) is 25.1 Å². The zero-order chi connectivity index (χ0) is 21.9. The number of H-pyrrole nitrogens is 1. The number of benzene rings is 3. The number of rotatable bonds is 7. The van der Waals surface area contributed by atoms with Crippen molar-refractivity contribution in [2.24, 2.45) is 0 Å². The fraction of sp³-hybridized carbons (Fsp3) is 0.115. The molecule has 0 saturated carbocycles. The molecule has 0 aliphatic heterocycles. The number of Topliss-reactive ketones (excluding diaryl/α,β-unsaturated/α-hetero) is 1. The molecule has 6 nitrogen and oxygen atoms in total. The highest BCUT2D eigenvalue weighted by Gasteiger charge is 2.29. The Morgan fingerprint density at radius 2 is 1.69 bits per heavy atom. The van der Waals surface area contributed by atoms with Crippen LogP contribution in [-0.4, -0.2) is 25.5 Å². The quantitative estimate of drug-likeness (QED) is 0.389. The van der Waals surface area contributed by atoms with Crippen molar-refractivity contribution in [1.29, 1.82) is 0 Å². The largest absolute Gasteiger partial charge is 0.360 e. The SMILES string of the molecule is C[C@@H]([NH2+][C@H](C(=O)c1c[nH]c2ccccc12)c1ccccc1)c1ccc(-n2cncn2)cc1. The van der Waals surface area contributed by atoms with Gasteiger partial charge in [0.1, 0.15) is 18.7 Å². The van der Waals surface area contributed by atoms with Crippen LogP contribution in [0.5, 0.6) is 0 Å². The Labute approximate surface area is 185 Å². The molecule has 3 N–H and O–H groups in total. The van der Waals surface area contributed by atoms with Gasteiger partial charge in [-0.25, -0.2) is 9.67 Å². The van der Waals surface area contributed by atoms with Crippen LogP contribution >= 0.6 is 0 Å². The van der Waals surface area contributed by atoms with Crippen molar-refractivity contribution in [1.82, 2.24) is 19.7 Å². The summed E-state index contributed by atoms with van der Waals surface area (Å²) in [5.41, 5.74) is 4.78. The maximum Gasteiger partial charge on any atom is 0.226 e. The van der Waals surface area contributed by atoms with Gasteiger partial charge in [-0.15, -0.1) is 0 Å². The number of nitrogens with two attached hydrogens (primary N) is 1. The van der Waals surface area contributed by atoms with Crippen LogP contribution in [-0.2, 0) is 0 Å². The molecule has 158 valence electrons. The van der Waals surface area contributed by atoms with Crippen molar-refractivity contribution >= 4 is 16.7 Å². The van der Waals surface area contributed by atoms with E-state index in [-0.39, 0.29) is 17.9 Å². The van der Waals surface area contributed by atoms with Crippen molar-refractivity contribution in [2.75, 3.05) is 0 Å². The third kappa shape index (κ3) is 3.84. The van der Waals surface area contributed by atoms with E-state index in [4.69, 9.17) is 0 Å². The van der Waals surface area contributed by atoms with Gasteiger partial charge in [0.2, 0.25) is 5.78 Å². The first-order valence-corrected chi connectivity index (χ1v) is 10.7. The topological polar surface area (TPSA) is 80.2 Å². The van der Waals surface area contributed by atoms with E-state index in [0.717, 1.165) is 33.3 Å². The van der Waals surface area contributed by atoms with E-state index in [1.54, 1.807) is 11.0 Å². The first-order valence-electron chi connectivity index (χ1n) is 10.7. The highest BCUT2D eigenvalue weighted by molar-refractivity contribution is 6.09. The van der Waals surface area contributed by atoms with Gasteiger partial charge in [-0.2, -0.15) is 5.10 Å². The van der Waals surface area contributed by atoms with Gasteiger partial charge in [0.05, 0.1) is 5.69 Å². The van der Waals surface area contributed by atoms with E-state index in [0.29, 0.717) is 0 Å². The van der Waals surface area contributed by atoms with Crippen LogP contribution in [0.15, 0.2) is 97.7 Å². The van der Waals surface area contributed by atoms with Crippen molar-refractivity contribution in [3.05, 3.63) is 114 Å². The molecule has 0 saturated heterocycles. The molecule has 0 bridgehead atoms. The second-order valence-corrected chi connectivity index (χ2v) is 7.91. The highest BCUT2D eigenvalue weighted by Crippen LogP contribution is 2.24. The lowest BCUT2D eigenvalue weighted by molar-refractivity contribution is -0.718. The predicted molar refractivity (Wildman–Crippen MR) is 124 cm³/mol. The Hall–Kier alpha value is -4.03. The molecule has 5 aromatic rings. The second-order valence-electron chi connectivity index (χ2n) is 7.91. The number of hydrogen-bond donors (Lipinski definition) is 2. The molecule has 2 heterocycles. The van der Waals surface area contributed by atoms with Crippen LogP contribution in [0.2, 0.25) is 0 Å². The number of nitrogens with one attached hydrogen (secondary N) is 1. The summed E-state index contributed by atoms with van der Waals surface area (Å²) >= 11 is 0. The number of carbonyl (C=O) groups excluding carboxylic acids is 1. The molecular weight excluding hydrogens is 398 g/mol.